The molecule has 41 heavy (non-hydrogen) atoms. The Morgan fingerprint density at radius 2 is 1.76 bits per heavy atom. The first-order chi connectivity index (χ1) is 19.8. The molecule has 1 atom stereocenters. The van der Waals surface area contributed by atoms with Crippen LogP contribution < -0.4 is 10.1 Å². The van der Waals surface area contributed by atoms with Gasteiger partial charge in [0.25, 0.3) is 5.91 Å². The van der Waals surface area contributed by atoms with Crippen LogP contribution in [0.2, 0.25) is 0 Å². The van der Waals surface area contributed by atoms with Crippen molar-refractivity contribution in [2.24, 2.45) is 10.1 Å². The van der Waals surface area contributed by atoms with E-state index in [1.807, 2.05) is 0 Å². The number of aliphatic hydroxyl groups is 1. The van der Waals surface area contributed by atoms with E-state index in [9.17, 15) is 18.0 Å². The number of halogens is 3. The molecule has 1 heterocycles. The highest BCUT2D eigenvalue weighted by molar-refractivity contribution is 6.00. The molecule has 214 valence electrons. The van der Waals surface area contributed by atoms with E-state index in [0.29, 0.717) is 35.5 Å². The SMILES string of the molecule is [N-]=[N+]=NCc1ccccc1C[C@]1(C(=O)NCc2ccccc2C(F)(F)F)COC(c2ccc(OCCCO)cc2)=N1. The lowest BCUT2D eigenvalue weighted by atomic mass is 9.89. The van der Waals surface area contributed by atoms with Crippen molar-refractivity contribution in [2.75, 3.05) is 19.8 Å². The van der Waals surface area contributed by atoms with Crippen LogP contribution in [0.25, 0.3) is 10.4 Å². The Kier molecular flexibility index (Phi) is 9.49. The predicted octanol–water partition coefficient (Wildman–Crippen LogP) is 5.35. The fraction of sp³-hybridized carbons (Fsp3) is 0.310. The Balaban J connectivity index is 1.64. The van der Waals surface area contributed by atoms with Gasteiger partial charge in [-0.25, -0.2) is 4.99 Å². The monoisotopic (exact) mass is 567 g/mol. The summed E-state index contributed by atoms with van der Waals surface area (Å²) in [4.78, 5) is 21.2. The van der Waals surface area contributed by atoms with E-state index in [-0.39, 0.29) is 44.2 Å². The van der Waals surface area contributed by atoms with Crippen molar-refractivity contribution in [2.45, 2.75) is 37.6 Å². The number of ether oxygens (including phenoxy) is 2. The van der Waals surface area contributed by atoms with Crippen LogP contribution in [0.4, 0.5) is 13.2 Å². The molecule has 0 radical (unpaired) electrons. The van der Waals surface area contributed by atoms with Gasteiger partial charge < -0.3 is 19.9 Å². The van der Waals surface area contributed by atoms with E-state index in [1.54, 1.807) is 48.5 Å². The lowest BCUT2D eigenvalue weighted by Crippen LogP contribution is -2.48. The minimum absolute atomic E-state index is 0.0145. The standard InChI is InChI=1S/C29H28F3N5O4/c30-29(31,32)25-9-4-3-8-23(25)17-34-27(39)28(16-21-6-1-2-7-22(21)18-35-37-33)19-41-26(36-28)20-10-12-24(13-11-20)40-15-5-14-38/h1-4,6-13,38H,5,14-19H2,(H,34,39)/t28-/m1/s1. The Morgan fingerprint density at radius 1 is 1.07 bits per heavy atom. The molecule has 4 rings (SSSR count). The molecule has 3 aromatic rings. The Hall–Kier alpha value is -4.54. The maximum absolute atomic E-state index is 13.7. The zero-order chi connectivity index (χ0) is 29.3. The van der Waals surface area contributed by atoms with Crippen molar-refractivity contribution in [3.05, 3.63) is 111 Å². The molecule has 3 aromatic carbocycles. The number of carbonyl (C=O) groups is 1. The average molecular weight is 568 g/mol. The summed E-state index contributed by atoms with van der Waals surface area (Å²) >= 11 is 0. The zero-order valence-electron chi connectivity index (χ0n) is 22.0. The van der Waals surface area contributed by atoms with Crippen molar-refractivity contribution in [1.82, 2.24) is 5.32 Å². The molecular formula is C29H28F3N5O4. The molecule has 1 aliphatic rings. The molecule has 0 saturated carbocycles. The molecule has 9 nitrogen and oxygen atoms in total. The average Bonchev–Trinajstić information content (AvgIpc) is 3.41. The minimum Gasteiger partial charge on any atom is -0.494 e. The van der Waals surface area contributed by atoms with Gasteiger partial charge in [0.15, 0.2) is 5.54 Å². The summed E-state index contributed by atoms with van der Waals surface area (Å²) in [5.41, 5.74) is 8.35. The normalized spacial score (nSPS) is 16.3. The molecule has 0 aliphatic carbocycles. The van der Waals surface area contributed by atoms with Gasteiger partial charge in [0.2, 0.25) is 5.90 Å². The molecule has 0 saturated heterocycles. The van der Waals surface area contributed by atoms with Gasteiger partial charge in [-0.05, 0) is 52.6 Å². The number of hydrogen-bond acceptors (Lipinski definition) is 6. The number of rotatable bonds is 12. The molecule has 0 aromatic heterocycles. The fourth-order valence-corrected chi connectivity index (χ4v) is 4.43. The number of hydrogen-bond donors (Lipinski definition) is 2. The third-order valence-corrected chi connectivity index (χ3v) is 6.53. The third kappa shape index (κ3) is 7.36. The fourth-order valence-electron chi connectivity index (χ4n) is 4.43. The second-order valence-corrected chi connectivity index (χ2v) is 9.36. The van der Waals surface area contributed by atoms with Crippen molar-refractivity contribution in [1.29, 1.82) is 0 Å². The highest BCUT2D eigenvalue weighted by atomic mass is 19.4. The summed E-state index contributed by atoms with van der Waals surface area (Å²) in [6, 6.07) is 19.0. The van der Waals surface area contributed by atoms with Gasteiger partial charge in [-0.3, -0.25) is 4.79 Å². The largest absolute Gasteiger partial charge is 0.494 e. The summed E-state index contributed by atoms with van der Waals surface area (Å²) in [5, 5.41) is 15.2. The van der Waals surface area contributed by atoms with E-state index in [4.69, 9.17) is 20.1 Å². The maximum atomic E-state index is 13.7. The molecule has 0 spiro atoms. The summed E-state index contributed by atoms with van der Waals surface area (Å²) in [7, 11) is 0. The molecule has 2 N–H and O–H groups in total. The number of alkyl halides is 3. The van der Waals surface area contributed by atoms with Crippen molar-refractivity contribution in [3.8, 4) is 5.75 Å². The smallest absolute Gasteiger partial charge is 0.416 e. The number of aliphatic imine (C=N–C) groups is 1. The van der Waals surface area contributed by atoms with Crippen molar-refractivity contribution >= 4 is 11.8 Å². The lowest BCUT2D eigenvalue weighted by Gasteiger charge is -2.25. The van der Waals surface area contributed by atoms with Gasteiger partial charge in [-0.2, -0.15) is 13.2 Å². The van der Waals surface area contributed by atoms with Crippen LogP contribution in [0.1, 0.15) is 34.2 Å². The van der Waals surface area contributed by atoms with Crippen LogP contribution in [0, 0.1) is 0 Å². The predicted molar refractivity (Wildman–Crippen MR) is 145 cm³/mol. The van der Waals surface area contributed by atoms with Gasteiger partial charge in [0, 0.05) is 36.5 Å². The number of carbonyl (C=O) groups excluding carboxylic acids is 1. The summed E-state index contributed by atoms with van der Waals surface area (Å²) in [6.45, 7) is -0.0937. The van der Waals surface area contributed by atoms with Gasteiger partial charge in [0.05, 0.1) is 18.7 Å². The number of nitrogens with zero attached hydrogens (tertiary/aromatic N) is 4. The quantitative estimate of drug-likeness (QED) is 0.132. The maximum Gasteiger partial charge on any atom is 0.416 e. The van der Waals surface area contributed by atoms with Gasteiger partial charge >= 0.3 is 6.18 Å². The zero-order valence-corrected chi connectivity index (χ0v) is 22.0. The first-order valence-electron chi connectivity index (χ1n) is 12.8. The summed E-state index contributed by atoms with van der Waals surface area (Å²) in [5.74, 6) is 0.178. The lowest BCUT2D eigenvalue weighted by molar-refractivity contribution is -0.138. The molecule has 1 aliphatic heterocycles. The highest BCUT2D eigenvalue weighted by Crippen LogP contribution is 2.33. The van der Waals surface area contributed by atoms with E-state index < -0.39 is 23.2 Å². The first kappa shape index (κ1) is 29.4. The van der Waals surface area contributed by atoms with E-state index in [0.717, 1.165) is 6.07 Å². The van der Waals surface area contributed by atoms with E-state index in [1.165, 1.54) is 18.2 Å². The first-order valence-corrected chi connectivity index (χ1v) is 12.8. The number of benzene rings is 3. The minimum atomic E-state index is -4.57. The number of nitrogens with one attached hydrogen (secondary N) is 1. The van der Waals surface area contributed by atoms with Crippen molar-refractivity contribution in [3.63, 3.8) is 0 Å². The van der Waals surface area contributed by atoms with E-state index >= 15 is 0 Å². The van der Waals surface area contributed by atoms with Gasteiger partial charge in [-0.15, -0.1) is 0 Å². The second-order valence-electron chi connectivity index (χ2n) is 9.36. The number of amides is 1. The van der Waals surface area contributed by atoms with Gasteiger partial charge in [-0.1, -0.05) is 47.6 Å². The molecule has 0 unspecified atom stereocenters. The van der Waals surface area contributed by atoms with Crippen LogP contribution in [0.3, 0.4) is 0 Å². The molecular weight excluding hydrogens is 539 g/mol. The molecule has 12 heteroatoms. The molecule has 0 bridgehead atoms. The summed E-state index contributed by atoms with van der Waals surface area (Å²) < 4.78 is 52.0. The van der Waals surface area contributed by atoms with Crippen LogP contribution in [0.5, 0.6) is 5.75 Å². The van der Waals surface area contributed by atoms with Gasteiger partial charge in [0.1, 0.15) is 12.4 Å². The molecule has 0 fully saturated rings. The topological polar surface area (TPSA) is 129 Å². The van der Waals surface area contributed by atoms with Crippen molar-refractivity contribution < 1.29 is 32.5 Å². The number of azide groups is 1. The third-order valence-electron chi connectivity index (χ3n) is 6.53. The molecule has 1 amide bonds. The Labute approximate surface area is 234 Å². The highest BCUT2D eigenvalue weighted by Gasteiger charge is 2.45. The Bertz CT molecular complexity index is 1440. The van der Waals surface area contributed by atoms with Crippen LogP contribution in [-0.2, 0) is 35.2 Å². The summed E-state index contributed by atoms with van der Waals surface area (Å²) in [6.07, 6.45) is -4.03. The van der Waals surface area contributed by atoms with E-state index in [2.05, 4.69) is 20.3 Å². The number of aliphatic hydroxyl groups excluding tert-OH is 1. The second kappa shape index (κ2) is 13.2. The Morgan fingerprint density at radius 3 is 2.44 bits per heavy atom. The van der Waals surface area contributed by atoms with Crippen LogP contribution in [0.15, 0.2) is 82.9 Å². The van der Waals surface area contributed by atoms with Crippen LogP contribution >= 0.6 is 0 Å². The van der Waals surface area contributed by atoms with Crippen LogP contribution in [-0.4, -0.2) is 42.3 Å².